The van der Waals surface area contributed by atoms with Crippen LogP contribution in [0.1, 0.15) is 41.7 Å². The maximum atomic E-state index is 13.4. The Hall–Kier alpha value is -2.91. The first-order valence-corrected chi connectivity index (χ1v) is 11.6. The number of fused-ring (bicyclic) bond motifs is 1. The maximum Gasteiger partial charge on any atom is 0.205 e. The monoisotopic (exact) mass is 452 g/mol. The highest BCUT2D eigenvalue weighted by molar-refractivity contribution is 7.09. The number of hydrogen-bond donors (Lipinski definition) is 0. The van der Waals surface area contributed by atoms with Gasteiger partial charge in [-0.25, -0.2) is 18.9 Å². The van der Waals surface area contributed by atoms with E-state index < -0.39 is 0 Å². The van der Waals surface area contributed by atoms with E-state index in [4.69, 9.17) is 14.8 Å². The van der Waals surface area contributed by atoms with E-state index in [1.807, 2.05) is 29.8 Å². The molecule has 0 saturated carbocycles. The minimum Gasteiger partial charge on any atom is -0.372 e. The Morgan fingerprint density at radius 1 is 1.16 bits per heavy atom. The van der Waals surface area contributed by atoms with Crippen LogP contribution in [0.4, 0.5) is 9.52 Å². The fourth-order valence-electron chi connectivity index (χ4n) is 4.34. The molecule has 1 fully saturated rings. The van der Waals surface area contributed by atoms with Gasteiger partial charge in [0.25, 0.3) is 0 Å². The number of pyridine rings is 1. The van der Waals surface area contributed by atoms with Crippen LogP contribution in [0.2, 0.25) is 0 Å². The minimum absolute atomic E-state index is 0.265. The molecule has 166 valence electrons. The number of halogens is 1. The smallest absolute Gasteiger partial charge is 0.205 e. The molecule has 4 aromatic rings. The summed E-state index contributed by atoms with van der Waals surface area (Å²) in [4.78, 5) is 11.7. The lowest BCUT2D eigenvalue weighted by Gasteiger charge is -2.30. The number of anilines is 1. The number of nitrogens with zero attached hydrogens (tertiary/aromatic N) is 6. The Morgan fingerprint density at radius 2 is 1.94 bits per heavy atom. The summed E-state index contributed by atoms with van der Waals surface area (Å²) in [5.41, 5.74) is 2.58. The zero-order valence-corrected chi connectivity index (χ0v) is 18.9. The van der Waals surface area contributed by atoms with Crippen molar-refractivity contribution in [1.82, 2.24) is 24.0 Å². The van der Waals surface area contributed by atoms with Crippen LogP contribution in [0, 0.1) is 18.7 Å². The summed E-state index contributed by atoms with van der Waals surface area (Å²) in [6, 6.07) is 10.3. The molecular weight excluding hydrogens is 427 g/mol. The van der Waals surface area contributed by atoms with Crippen LogP contribution in [0.15, 0.2) is 42.6 Å². The molecule has 9 heteroatoms. The Labute approximate surface area is 190 Å². The molecule has 0 spiro atoms. The van der Waals surface area contributed by atoms with Gasteiger partial charge in [0.1, 0.15) is 17.7 Å². The van der Waals surface area contributed by atoms with Crippen LogP contribution < -0.4 is 4.90 Å². The minimum atomic E-state index is -0.338. The normalized spacial score (nSPS) is 16.0. The first-order valence-electron chi connectivity index (χ1n) is 10.8. The first kappa shape index (κ1) is 21.0. The Morgan fingerprint density at radius 3 is 2.62 bits per heavy atom. The molecule has 1 aliphatic heterocycles. The molecular formula is C23H25FN6OS. The van der Waals surface area contributed by atoms with Crippen LogP contribution in [0.3, 0.4) is 0 Å². The van der Waals surface area contributed by atoms with Gasteiger partial charge in [0.2, 0.25) is 5.13 Å². The molecule has 7 nitrogen and oxygen atoms in total. The van der Waals surface area contributed by atoms with E-state index >= 15 is 0 Å². The number of piperidine rings is 1. The fourth-order valence-corrected chi connectivity index (χ4v) is 5.07. The average molecular weight is 453 g/mol. The second kappa shape index (κ2) is 8.91. The highest BCUT2D eigenvalue weighted by atomic mass is 32.1. The molecule has 0 amide bonds. The van der Waals surface area contributed by atoms with Crippen molar-refractivity contribution < 1.29 is 9.13 Å². The molecule has 0 bridgehead atoms. The van der Waals surface area contributed by atoms with Crippen LogP contribution in [0.25, 0.3) is 5.65 Å². The quantitative estimate of drug-likeness (QED) is 0.436. The summed E-state index contributed by atoms with van der Waals surface area (Å²) >= 11 is 1.47. The molecule has 1 aliphatic rings. The summed E-state index contributed by atoms with van der Waals surface area (Å²) in [5.74, 6) is 1.96. The van der Waals surface area contributed by atoms with Gasteiger partial charge >= 0.3 is 0 Å². The molecule has 1 atom stereocenters. The fraction of sp³-hybridized carbons (Fsp3) is 0.391. The van der Waals surface area contributed by atoms with Gasteiger partial charge in [-0.2, -0.15) is 9.47 Å². The molecule has 4 heterocycles. The molecule has 32 heavy (non-hydrogen) atoms. The van der Waals surface area contributed by atoms with Crippen LogP contribution in [0.5, 0.6) is 0 Å². The lowest BCUT2D eigenvalue weighted by atomic mass is 9.93. The summed E-state index contributed by atoms with van der Waals surface area (Å²) in [7, 11) is 1.65. The summed E-state index contributed by atoms with van der Waals surface area (Å²) < 4.78 is 25.3. The van der Waals surface area contributed by atoms with Gasteiger partial charge in [0.15, 0.2) is 11.5 Å². The SMILES string of the molecule is COC(c1ccc(F)cc1)c1cccn2nc(CC3CCN(c4nc(C)ns4)CC3)nc12. The zero-order valence-electron chi connectivity index (χ0n) is 18.1. The van der Waals surface area contributed by atoms with Crippen molar-refractivity contribution in [2.45, 2.75) is 32.3 Å². The van der Waals surface area contributed by atoms with E-state index in [1.54, 1.807) is 19.2 Å². The van der Waals surface area contributed by atoms with Crippen LogP contribution in [-0.4, -0.2) is 44.2 Å². The molecule has 0 aliphatic carbocycles. The zero-order chi connectivity index (χ0) is 22.1. The van der Waals surface area contributed by atoms with E-state index in [2.05, 4.69) is 14.3 Å². The molecule has 3 aromatic heterocycles. The Bertz CT molecular complexity index is 1200. The van der Waals surface area contributed by atoms with Crippen molar-refractivity contribution in [3.8, 4) is 0 Å². The van der Waals surface area contributed by atoms with E-state index in [-0.39, 0.29) is 11.9 Å². The Kier molecular flexibility index (Phi) is 5.84. The second-order valence-corrected chi connectivity index (χ2v) is 8.92. The summed E-state index contributed by atoms with van der Waals surface area (Å²) in [6.07, 6.45) is 4.58. The number of rotatable bonds is 6. The number of ether oxygens (including phenoxy) is 1. The van der Waals surface area contributed by atoms with E-state index in [0.717, 1.165) is 65.9 Å². The first-order chi connectivity index (χ1) is 15.6. The topological polar surface area (TPSA) is 68.4 Å². The number of methoxy groups -OCH3 is 1. The van der Waals surface area contributed by atoms with Gasteiger partial charge in [0.05, 0.1) is 0 Å². The van der Waals surface area contributed by atoms with E-state index in [0.29, 0.717) is 5.92 Å². The largest absolute Gasteiger partial charge is 0.372 e. The van der Waals surface area contributed by atoms with Crippen molar-refractivity contribution in [3.63, 3.8) is 0 Å². The summed E-state index contributed by atoms with van der Waals surface area (Å²) in [6.45, 7) is 3.89. The van der Waals surface area contributed by atoms with Crippen molar-refractivity contribution in [2.75, 3.05) is 25.1 Å². The highest BCUT2D eigenvalue weighted by Crippen LogP contribution is 2.30. The van der Waals surface area contributed by atoms with Crippen molar-refractivity contribution in [1.29, 1.82) is 0 Å². The lowest BCUT2D eigenvalue weighted by molar-refractivity contribution is 0.137. The van der Waals surface area contributed by atoms with Gasteiger partial charge < -0.3 is 9.64 Å². The van der Waals surface area contributed by atoms with Crippen molar-refractivity contribution >= 4 is 22.3 Å². The van der Waals surface area contributed by atoms with E-state index in [1.165, 1.54) is 23.7 Å². The third-order valence-corrected chi connectivity index (χ3v) is 6.87. The van der Waals surface area contributed by atoms with Gasteiger partial charge in [-0.05, 0) is 49.4 Å². The van der Waals surface area contributed by atoms with Crippen LogP contribution in [-0.2, 0) is 11.2 Å². The molecule has 0 radical (unpaired) electrons. The predicted molar refractivity (Wildman–Crippen MR) is 122 cm³/mol. The molecule has 1 aromatic carbocycles. The number of aromatic nitrogens is 5. The van der Waals surface area contributed by atoms with Crippen molar-refractivity contribution in [2.24, 2.45) is 5.92 Å². The number of aryl methyl sites for hydroxylation is 1. The molecule has 1 saturated heterocycles. The number of benzene rings is 1. The van der Waals surface area contributed by atoms with Crippen LogP contribution >= 0.6 is 11.5 Å². The van der Waals surface area contributed by atoms with Crippen molar-refractivity contribution in [3.05, 3.63) is 71.2 Å². The van der Waals surface area contributed by atoms with Gasteiger partial charge in [-0.3, -0.25) is 0 Å². The predicted octanol–water partition coefficient (Wildman–Crippen LogP) is 4.22. The van der Waals surface area contributed by atoms with Gasteiger partial charge in [-0.15, -0.1) is 0 Å². The second-order valence-electron chi connectivity index (χ2n) is 8.19. The Balaban J connectivity index is 1.32. The standard InChI is InChI=1S/C23H25FN6OS/c1-15-25-23(32-28-15)29-12-9-16(10-13-29)14-20-26-22-19(4-3-11-30(22)27-20)21(31-2)17-5-7-18(24)8-6-17/h3-8,11,16,21H,9-10,12-14H2,1-2H3. The van der Waals surface area contributed by atoms with E-state index in [9.17, 15) is 4.39 Å². The number of hydrogen-bond acceptors (Lipinski definition) is 7. The molecule has 0 N–H and O–H groups in total. The lowest BCUT2D eigenvalue weighted by Crippen LogP contribution is -2.34. The van der Waals surface area contributed by atoms with Gasteiger partial charge in [0, 0.05) is 49.9 Å². The average Bonchev–Trinajstić information content (AvgIpc) is 3.42. The third-order valence-electron chi connectivity index (χ3n) is 6.00. The third kappa shape index (κ3) is 4.22. The highest BCUT2D eigenvalue weighted by Gasteiger charge is 2.24. The van der Waals surface area contributed by atoms with Gasteiger partial charge in [-0.1, -0.05) is 18.2 Å². The molecule has 5 rings (SSSR count). The maximum absolute atomic E-state index is 13.4. The summed E-state index contributed by atoms with van der Waals surface area (Å²) in [5, 5.41) is 5.75. The molecule has 1 unspecified atom stereocenters.